The van der Waals surface area contributed by atoms with E-state index in [1.54, 1.807) is 18.4 Å². The lowest BCUT2D eigenvalue weighted by Gasteiger charge is -2.17. The first-order chi connectivity index (χ1) is 13.3. The number of nitrogens with one attached hydrogen (secondary N) is 1. The summed E-state index contributed by atoms with van der Waals surface area (Å²) in [6.07, 6.45) is 2.78. The van der Waals surface area contributed by atoms with Crippen LogP contribution in [0.3, 0.4) is 0 Å². The summed E-state index contributed by atoms with van der Waals surface area (Å²) in [5.41, 5.74) is 0.372. The average molecular weight is 425 g/mol. The highest BCUT2D eigenvalue weighted by Gasteiger charge is 2.29. The van der Waals surface area contributed by atoms with Crippen LogP contribution in [0.15, 0.2) is 5.16 Å². The maximum Gasteiger partial charge on any atom is 0.341 e. The Morgan fingerprint density at radius 2 is 2.11 bits per heavy atom. The molecule has 0 unspecified atom stereocenters. The molecule has 0 fully saturated rings. The number of ether oxygens (including phenoxy) is 1. The molecule has 2 N–H and O–H groups in total. The number of aliphatic hydroxyl groups is 1. The molecule has 1 aliphatic rings. The first-order valence-corrected chi connectivity index (χ1v) is 10.9. The predicted octanol–water partition coefficient (Wildman–Crippen LogP) is 2.59. The molecule has 0 saturated heterocycles. The number of fused-ring (bicyclic) bond motifs is 1. The van der Waals surface area contributed by atoms with Crippen molar-refractivity contribution in [1.29, 1.82) is 0 Å². The highest BCUT2D eigenvalue weighted by Crippen LogP contribution is 2.39. The van der Waals surface area contributed by atoms with E-state index >= 15 is 0 Å². The number of hydrogen-bond donors (Lipinski definition) is 2. The SMILES string of the molecule is CCn1c(SCC(=O)Nc2sc3c(c2C(=O)OC)CCC3)nnc1C(C)(C)O. The number of esters is 1. The largest absolute Gasteiger partial charge is 0.465 e. The number of carbonyl (C=O) groups excluding carboxylic acids is 2. The maximum absolute atomic E-state index is 12.5. The van der Waals surface area contributed by atoms with E-state index < -0.39 is 11.6 Å². The van der Waals surface area contributed by atoms with E-state index in [-0.39, 0.29) is 11.7 Å². The van der Waals surface area contributed by atoms with E-state index in [1.165, 1.54) is 30.2 Å². The third-order valence-electron chi connectivity index (χ3n) is 4.48. The fourth-order valence-electron chi connectivity index (χ4n) is 3.24. The van der Waals surface area contributed by atoms with Crippen LogP contribution in [0.4, 0.5) is 5.00 Å². The number of aryl methyl sites for hydroxylation is 1. The van der Waals surface area contributed by atoms with Crippen LogP contribution in [-0.2, 0) is 34.5 Å². The van der Waals surface area contributed by atoms with Gasteiger partial charge in [-0.05, 0) is 45.6 Å². The second-order valence-corrected chi connectivity index (χ2v) is 9.05. The third-order valence-corrected chi connectivity index (χ3v) is 6.65. The van der Waals surface area contributed by atoms with E-state index in [4.69, 9.17) is 4.74 Å². The molecule has 0 aromatic carbocycles. The lowest BCUT2D eigenvalue weighted by Crippen LogP contribution is -2.22. The van der Waals surface area contributed by atoms with Crippen LogP contribution in [0, 0.1) is 0 Å². The Kier molecular flexibility index (Phi) is 6.11. The van der Waals surface area contributed by atoms with Crippen molar-refractivity contribution < 1.29 is 19.4 Å². The van der Waals surface area contributed by atoms with Crippen molar-refractivity contribution in [3.8, 4) is 0 Å². The number of thioether (sulfide) groups is 1. The van der Waals surface area contributed by atoms with Gasteiger partial charge in [0, 0.05) is 11.4 Å². The highest BCUT2D eigenvalue weighted by molar-refractivity contribution is 7.99. The molecule has 3 rings (SSSR count). The molecule has 0 spiro atoms. The topological polar surface area (TPSA) is 106 Å². The number of amides is 1. The summed E-state index contributed by atoms with van der Waals surface area (Å²) in [7, 11) is 1.35. The molecule has 2 aromatic rings. The molecular weight excluding hydrogens is 400 g/mol. The molecule has 0 bridgehead atoms. The molecule has 28 heavy (non-hydrogen) atoms. The monoisotopic (exact) mass is 424 g/mol. The standard InChI is InChI=1S/C18H24N4O4S2/c1-5-22-16(18(2,3)25)20-21-17(22)27-9-12(23)19-14-13(15(24)26-4)10-7-6-8-11(10)28-14/h25H,5-9H2,1-4H3,(H,19,23). The third kappa shape index (κ3) is 4.08. The van der Waals surface area contributed by atoms with Crippen molar-refractivity contribution in [3.63, 3.8) is 0 Å². The molecule has 2 aromatic heterocycles. The van der Waals surface area contributed by atoms with Gasteiger partial charge in [0.1, 0.15) is 10.6 Å². The number of nitrogens with zero attached hydrogens (tertiary/aromatic N) is 3. The van der Waals surface area contributed by atoms with Crippen molar-refractivity contribution in [2.24, 2.45) is 0 Å². The molecule has 152 valence electrons. The molecule has 2 heterocycles. The van der Waals surface area contributed by atoms with Crippen LogP contribution in [0.1, 0.15) is 53.8 Å². The second-order valence-electron chi connectivity index (χ2n) is 7.00. The van der Waals surface area contributed by atoms with Gasteiger partial charge >= 0.3 is 5.97 Å². The number of anilines is 1. The summed E-state index contributed by atoms with van der Waals surface area (Å²) in [6.45, 7) is 5.81. The Morgan fingerprint density at radius 1 is 1.36 bits per heavy atom. The van der Waals surface area contributed by atoms with Gasteiger partial charge in [-0.3, -0.25) is 4.79 Å². The molecule has 1 amide bonds. The normalized spacial score (nSPS) is 13.5. The van der Waals surface area contributed by atoms with E-state index in [0.29, 0.717) is 28.1 Å². The second kappa shape index (κ2) is 8.22. The fourth-order valence-corrected chi connectivity index (χ4v) is 5.33. The maximum atomic E-state index is 12.5. The predicted molar refractivity (Wildman–Crippen MR) is 108 cm³/mol. The quantitative estimate of drug-likeness (QED) is 0.520. The van der Waals surface area contributed by atoms with Gasteiger partial charge in [-0.2, -0.15) is 0 Å². The van der Waals surface area contributed by atoms with Gasteiger partial charge in [0.25, 0.3) is 0 Å². The summed E-state index contributed by atoms with van der Waals surface area (Å²) in [6, 6.07) is 0. The first-order valence-electron chi connectivity index (χ1n) is 9.07. The van der Waals surface area contributed by atoms with Crippen molar-refractivity contribution in [3.05, 3.63) is 21.8 Å². The average Bonchev–Trinajstić information content (AvgIpc) is 3.32. The minimum absolute atomic E-state index is 0.118. The number of rotatable bonds is 7. The zero-order valence-corrected chi connectivity index (χ0v) is 18.0. The summed E-state index contributed by atoms with van der Waals surface area (Å²) < 4.78 is 6.69. The summed E-state index contributed by atoms with van der Waals surface area (Å²) >= 11 is 2.69. The first kappa shape index (κ1) is 20.8. The van der Waals surface area contributed by atoms with Crippen LogP contribution in [0.5, 0.6) is 0 Å². The lowest BCUT2D eigenvalue weighted by atomic mass is 10.1. The Hall–Kier alpha value is -1.91. The van der Waals surface area contributed by atoms with Crippen molar-refractivity contribution in [2.45, 2.75) is 57.3 Å². The van der Waals surface area contributed by atoms with Gasteiger partial charge in [0.15, 0.2) is 11.0 Å². The Morgan fingerprint density at radius 3 is 2.75 bits per heavy atom. The van der Waals surface area contributed by atoms with Crippen molar-refractivity contribution in [2.75, 3.05) is 18.2 Å². The molecule has 10 heteroatoms. The van der Waals surface area contributed by atoms with Crippen LogP contribution in [-0.4, -0.2) is 44.6 Å². The molecule has 0 aliphatic heterocycles. The van der Waals surface area contributed by atoms with Gasteiger partial charge in [-0.25, -0.2) is 4.79 Å². The summed E-state index contributed by atoms with van der Waals surface area (Å²) in [4.78, 5) is 25.8. The lowest BCUT2D eigenvalue weighted by molar-refractivity contribution is -0.113. The molecular formula is C18H24N4O4S2. The Balaban J connectivity index is 1.71. The fraction of sp³-hybridized carbons (Fsp3) is 0.556. The van der Waals surface area contributed by atoms with E-state index in [2.05, 4.69) is 15.5 Å². The molecule has 0 atom stereocenters. The van der Waals surface area contributed by atoms with Gasteiger partial charge in [0.2, 0.25) is 5.91 Å². The van der Waals surface area contributed by atoms with Gasteiger partial charge in [0.05, 0.1) is 18.4 Å². The van der Waals surface area contributed by atoms with E-state index in [1.807, 2.05) is 6.92 Å². The number of carbonyl (C=O) groups is 2. The van der Waals surface area contributed by atoms with Crippen molar-refractivity contribution >= 4 is 40.0 Å². The number of aromatic nitrogens is 3. The van der Waals surface area contributed by atoms with Crippen molar-refractivity contribution in [1.82, 2.24) is 14.8 Å². The van der Waals surface area contributed by atoms with Gasteiger partial charge in [-0.15, -0.1) is 21.5 Å². The number of methoxy groups -OCH3 is 1. The van der Waals surface area contributed by atoms with E-state index in [0.717, 1.165) is 29.7 Å². The van der Waals surface area contributed by atoms with Crippen LogP contribution >= 0.6 is 23.1 Å². The van der Waals surface area contributed by atoms with E-state index in [9.17, 15) is 14.7 Å². The molecule has 8 nitrogen and oxygen atoms in total. The molecule has 0 saturated carbocycles. The summed E-state index contributed by atoms with van der Waals surface area (Å²) in [5, 5.41) is 22.3. The number of hydrogen-bond acceptors (Lipinski definition) is 8. The molecule has 1 aliphatic carbocycles. The van der Waals surface area contributed by atoms with Gasteiger partial charge in [-0.1, -0.05) is 11.8 Å². The van der Waals surface area contributed by atoms with Gasteiger partial charge < -0.3 is 19.7 Å². The Bertz CT molecular complexity index is 898. The zero-order chi connectivity index (χ0) is 20.5. The Labute approximate surface area is 171 Å². The zero-order valence-electron chi connectivity index (χ0n) is 16.4. The minimum Gasteiger partial charge on any atom is -0.465 e. The summed E-state index contributed by atoms with van der Waals surface area (Å²) in [5.74, 6) is -0.0679. The van der Waals surface area contributed by atoms with Crippen LogP contribution in [0.25, 0.3) is 0 Å². The molecule has 0 radical (unpaired) electrons. The highest BCUT2D eigenvalue weighted by atomic mass is 32.2. The minimum atomic E-state index is -1.11. The van der Waals surface area contributed by atoms with Crippen LogP contribution in [0.2, 0.25) is 0 Å². The number of thiophene rings is 1. The van der Waals surface area contributed by atoms with Crippen LogP contribution < -0.4 is 5.32 Å². The smallest absolute Gasteiger partial charge is 0.341 e.